The highest BCUT2D eigenvalue weighted by Gasteiger charge is 2.45. The molecule has 29 heavy (non-hydrogen) atoms. The second-order valence-corrected chi connectivity index (χ2v) is 10.0. The molecule has 2 aromatic rings. The van der Waals surface area contributed by atoms with E-state index in [0.29, 0.717) is 19.0 Å². The van der Waals surface area contributed by atoms with Crippen molar-refractivity contribution in [3.63, 3.8) is 0 Å². The largest absolute Gasteiger partial charge is 0.457 e. The summed E-state index contributed by atoms with van der Waals surface area (Å²) in [4.78, 5) is 4.27. The second-order valence-electron chi connectivity index (χ2n) is 7.88. The molecule has 156 valence electrons. The Morgan fingerprint density at radius 1 is 1.14 bits per heavy atom. The van der Waals surface area contributed by atoms with Gasteiger partial charge in [-0.25, -0.2) is 8.42 Å². The van der Waals surface area contributed by atoms with Crippen LogP contribution in [0.3, 0.4) is 0 Å². The molecule has 0 aromatic heterocycles. The van der Waals surface area contributed by atoms with Gasteiger partial charge in [0.05, 0.1) is 5.75 Å². The summed E-state index contributed by atoms with van der Waals surface area (Å²) in [6.07, 6.45) is 3.15. The van der Waals surface area contributed by atoms with Gasteiger partial charge in [-0.05, 0) is 43.5 Å². The summed E-state index contributed by atoms with van der Waals surface area (Å²) in [7, 11) is -1.28. The van der Waals surface area contributed by atoms with Gasteiger partial charge in [0.15, 0.2) is 5.96 Å². The number of nitrogens with zero attached hydrogens (tertiary/aromatic N) is 1. The topological polar surface area (TPSA) is 79.8 Å². The first-order chi connectivity index (χ1) is 13.8. The number of ether oxygens (including phenoxy) is 1. The van der Waals surface area contributed by atoms with Crippen LogP contribution in [0.2, 0.25) is 0 Å². The van der Waals surface area contributed by atoms with Crippen molar-refractivity contribution in [3.05, 3.63) is 59.7 Å². The SMILES string of the molecule is CN=C(NCc1ccc(C)cc1Oc1ccccc1)NCC1(CS(C)(=O)=O)CC1. The highest BCUT2D eigenvalue weighted by Crippen LogP contribution is 2.46. The summed E-state index contributed by atoms with van der Waals surface area (Å²) in [6, 6.07) is 15.8. The molecule has 1 aliphatic rings. The van der Waals surface area contributed by atoms with Crippen molar-refractivity contribution in [2.75, 3.05) is 25.6 Å². The van der Waals surface area contributed by atoms with Gasteiger partial charge in [0.1, 0.15) is 21.3 Å². The Bertz CT molecular complexity index is 968. The standard InChI is InChI=1S/C22H29N3O3S/c1-17-9-10-18(20(13-17)28-19-7-5-4-6-8-19)14-24-21(23-2)25-15-22(11-12-22)16-29(3,26)27/h4-10,13H,11-12,14-16H2,1-3H3,(H2,23,24,25). The second kappa shape index (κ2) is 8.86. The third-order valence-electron chi connectivity index (χ3n) is 5.02. The van der Waals surface area contributed by atoms with Gasteiger partial charge in [-0.2, -0.15) is 0 Å². The number of nitrogens with one attached hydrogen (secondary N) is 2. The first kappa shape index (κ1) is 21.2. The van der Waals surface area contributed by atoms with E-state index in [1.807, 2.05) is 49.4 Å². The van der Waals surface area contributed by atoms with Crippen LogP contribution < -0.4 is 15.4 Å². The van der Waals surface area contributed by atoms with Gasteiger partial charge in [0, 0.05) is 37.4 Å². The van der Waals surface area contributed by atoms with Crippen LogP contribution in [0.5, 0.6) is 11.5 Å². The molecule has 0 saturated heterocycles. The maximum atomic E-state index is 11.6. The highest BCUT2D eigenvalue weighted by atomic mass is 32.2. The number of benzene rings is 2. The molecule has 6 nitrogen and oxygen atoms in total. The van der Waals surface area contributed by atoms with E-state index in [9.17, 15) is 8.42 Å². The molecule has 1 fully saturated rings. The Hall–Kier alpha value is -2.54. The summed E-state index contributed by atoms with van der Waals surface area (Å²) in [5.41, 5.74) is 1.98. The molecule has 0 unspecified atom stereocenters. The first-order valence-corrected chi connectivity index (χ1v) is 11.8. The molecule has 7 heteroatoms. The van der Waals surface area contributed by atoms with E-state index in [2.05, 4.69) is 21.7 Å². The lowest BCUT2D eigenvalue weighted by Gasteiger charge is -2.18. The minimum absolute atomic E-state index is 0.156. The number of para-hydroxylation sites is 1. The summed E-state index contributed by atoms with van der Waals surface area (Å²) in [5, 5.41) is 6.58. The van der Waals surface area contributed by atoms with Crippen LogP contribution in [-0.4, -0.2) is 40.0 Å². The van der Waals surface area contributed by atoms with Crippen LogP contribution in [0.1, 0.15) is 24.0 Å². The summed E-state index contributed by atoms with van der Waals surface area (Å²) in [6.45, 7) is 3.18. The normalized spacial score (nSPS) is 15.6. The molecular weight excluding hydrogens is 386 g/mol. The van der Waals surface area contributed by atoms with E-state index in [1.165, 1.54) is 6.26 Å². The van der Waals surface area contributed by atoms with Crippen LogP contribution in [0.15, 0.2) is 53.5 Å². The lowest BCUT2D eigenvalue weighted by atomic mass is 10.1. The highest BCUT2D eigenvalue weighted by molar-refractivity contribution is 7.90. The van der Waals surface area contributed by atoms with Crippen LogP contribution in [0, 0.1) is 12.3 Å². The number of hydrogen-bond donors (Lipinski definition) is 2. The minimum Gasteiger partial charge on any atom is -0.457 e. The molecule has 0 spiro atoms. The molecule has 2 N–H and O–H groups in total. The average molecular weight is 416 g/mol. The van der Waals surface area contributed by atoms with E-state index in [-0.39, 0.29) is 11.2 Å². The fraction of sp³-hybridized carbons (Fsp3) is 0.409. The fourth-order valence-corrected chi connectivity index (χ4v) is 4.80. The number of sulfone groups is 1. The van der Waals surface area contributed by atoms with Crippen LogP contribution in [0.25, 0.3) is 0 Å². The van der Waals surface area contributed by atoms with Crippen molar-refractivity contribution in [2.45, 2.75) is 26.3 Å². The van der Waals surface area contributed by atoms with Gasteiger partial charge in [-0.3, -0.25) is 4.99 Å². The van der Waals surface area contributed by atoms with Gasteiger partial charge in [0.2, 0.25) is 0 Å². The van der Waals surface area contributed by atoms with Crippen molar-refractivity contribution < 1.29 is 13.2 Å². The number of aliphatic imine (C=N–C) groups is 1. The predicted molar refractivity (Wildman–Crippen MR) is 117 cm³/mol. The number of guanidine groups is 1. The molecule has 3 rings (SSSR count). The Kier molecular flexibility index (Phi) is 6.47. The zero-order valence-electron chi connectivity index (χ0n) is 17.2. The van der Waals surface area contributed by atoms with Gasteiger partial charge in [-0.15, -0.1) is 0 Å². The number of hydrogen-bond acceptors (Lipinski definition) is 4. The Labute approximate surface area is 173 Å². The van der Waals surface area contributed by atoms with Crippen molar-refractivity contribution in [1.82, 2.24) is 10.6 Å². The lowest BCUT2D eigenvalue weighted by molar-refractivity contribution is 0.474. The number of aryl methyl sites for hydroxylation is 1. The van der Waals surface area contributed by atoms with Gasteiger partial charge < -0.3 is 15.4 Å². The van der Waals surface area contributed by atoms with Crippen LogP contribution >= 0.6 is 0 Å². The monoisotopic (exact) mass is 415 g/mol. The smallest absolute Gasteiger partial charge is 0.191 e. The van der Waals surface area contributed by atoms with E-state index in [1.54, 1.807) is 7.05 Å². The van der Waals surface area contributed by atoms with Crippen molar-refractivity contribution in [2.24, 2.45) is 10.4 Å². The molecule has 0 heterocycles. The zero-order valence-corrected chi connectivity index (χ0v) is 18.1. The molecule has 0 radical (unpaired) electrons. The predicted octanol–water partition coefficient (Wildman–Crippen LogP) is 3.28. The third kappa shape index (κ3) is 6.49. The quantitative estimate of drug-likeness (QED) is 0.511. The molecule has 1 saturated carbocycles. The van der Waals surface area contributed by atoms with Gasteiger partial charge in [0.25, 0.3) is 0 Å². The molecule has 1 aliphatic carbocycles. The fourth-order valence-electron chi connectivity index (χ4n) is 3.29. The van der Waals surface area contributed by atoms with Crippen molar-refractivity contribution in [1.29, 1.82) is 0 Å². The summed E-state index contributed by atoms with van der Waals surface area (Å²) >= 11 is 0. The Morgan fingerprint density at radius 2 is 1.86 bits per heavy atom. The zero-order chi connectivity index (χ0) is 20.9. The van der Waals surface area contributed by atoms with Gasteiger partial charge >= 0.3 is 0 Å². The van der Waals surface area contributed by atoms with E-state index in [0.717, 1.165) is 35.5 Å². The number of rotatable bonds is 8. The van der Waals surface area contributed by atoms with E-state index < -0.39 is 9.84 Å². The molecule has 0 amide bonds. The average Bonchev–Trinajstić information content (AvgIpc) is 3.42. The Balaban J connectivity index is 1.61. The van der Waals surface area contributed by atoms with E-state index >= 15 is 0 Å². The molecular formula is C22H29N3O3S. The summed E-state index contributed by atoms with van der Waals surface area (Å²) < 4.78 is 29.3. The molecule has 0 atom stereocenters. The summed E-state index contributed by atoms with van der Waals surface area (Å²) in [5.74, 6) is 2.46. The third-order valence-corrected chi connectivity index (χ3v) is 6.16. The Morgan fingerprint density at radius 3 is 2.48 bits per heavy atom. The van der Waals surface area contributed by atoms with Gasteiger partial charge in [-0.1, -0.05) is 30.3 Å². The van der Waals surface area contributed by atoms with Crippen molar-refractivity contribution in [3.8, 4) is 11.5 Å². The maximum Gasteiger partial charge on any atom is 0.191 e. The molecule has 0 aliphatic heterocycles. The van der Waals surface area contributed by atoms with Crippen LogP contribution in [-0.2, 0) is 16.4 Å². The van der Waals surface area contributed by atoms with Crippen molar-refractivity contribution >= 4 is 15.8 Å². The first-order valence-electron chi connectivity index (χ1n) is 9.73. The van der Waals surface area contributed by atoms with Crippen LogP contribution in [0.4, 0.5) is 0 Å². The lowest BCUT2D eigenvalue weighted by Crippen LogP contribution is -2.41. The maximum absolute atomic E-state index is 11.6. The van der Waals surface area contributed by atoms with E-state index in [4.69, 9.17) is 4.74 Å². The minimum atomic E-state index is -2.99. The molecule has 0 bridgehead atoms. The molecule has 2 aromatic carbocycles.